The van der Waals surface area contributed by atoms with E-state index in [2.05, 4.69) is 48.8 Å². The second-order valence-corrected chi connectivity index (χ2v) is 26.5. The Bertz CT molecular complexity index is 2040. The van der Waals surface area contributed by atoms with Crippen molar-refractivity contribution in [1.82, 2.24) is 10.6 Å². The van der Waals surface area contributed by atoms with Crippen molar-refractivity contribution in [2.24, 2.45) is 0 Å². The molecule has 0 radical (unpaired) electrons. The number of aliphatic hydroxyl groups excluding tert-OH is 11. The number of carbonyl (C=O) groups excluding carboxylic acids is 2. The Kier molecular flexibility index (Phi) is 46.4. The van der Waals surface area contributed by atoms with Gasteiger partial charge in [-0.1, -0.05) is 230 Å². The molecule has 0 spiro atoms. The molecule has 0 aliphatic carbocycles. The molecule has 3 heterocycles. The lowest BCUT2D eigenvalue weighted by Crippen LogP contribution is -2.70. The van der Waals surface area contributed by atoms with Crippen LogP contribution in [0.4, 0.5) is 0 Å². The number of nitrogens with one attached hydrogen (secondary N) is 2. The van der Waals surface area contributed by atoms with Crippen molar-refractivity contribution in [2.45, 2.75) is 368 Å². The van der Waals surface area contributed by atoms with Gasteiger partial charge in [-0.2, -0.15) is 0 Å². The van der Waals surface area contributed by atoms with Gasteiger partial charge in [0, 0.05) is 19.8 Å². The van der Waals surface area contributed by atoms with Crippen LogP contribution in [0, 0.1) is 0 Å². The number of aliphatic carboxylic acids is 1. The second-order valence-electron chi connectivity index (χ2n) is 26.5. The van der Waals surface area contributed by atoms with E-state index >= 15 is 0 Å². The van der Waals surface area contributed by atoms with Gasteiger partial charge in [0.25, 0.3) is 5.79 Å². The van der Waals surface area contributed by atoms with Gasteiger partial charge in [-0.3, -0.25) is 9.59 Å². The molecule has 2 amide bonds. The first-order chi connectivity index (χ1) is 45.4. The zero-order valence-electron chi connectivity index (χ0n) is 57.3. The fourth-order valence-electron chi connectivity index (χ4n) is 12.5. The zero-order valence-corrected chi connectivity index (χ0v) is 57.3. The summed E-state index contributed by atoms with van der Waals surface area (Å²) in [4.78, 5) is 38.5. The van der Waals surface area contributed by atoms with Crippen LogP contribution in [0.3, 0.4) is 0 Å². The molecule has 3 saturated heterocycles. The highest BCUT2D eigenvalue weighted by atomic mass is 16.8. The molecule has 3 rings (SSSR count). The molecule has 3 aliphatic heterocycles. The first-order valence-corrected chi connectivity index (χ1v) is 36.4. The van der Waals surface area contributed by atoms with Gasteiger partial charge in [0.15, 0.2) is 12.6 Å². The number of amides is 2. The van der Waals surface area contributed by atoms with Crippen molar-refractivity contribution >= 4 is 17.8 Å². The molecule has 0 aromatic carbocycles. The van der Waals surface area contributed by atoms with Gasteiger partial charge in [0.2, 0.25) is 11.8 Å². The van der Waals surface area contributed by atoms with Crippen LogP contribution in [-0.4, -0.2) is 215 Å². The lowest BCUT2D eigenvalue weighted by atomic mass is 9.88. The van der Waals surface area contributed by atoms with Gasteiger partial charge in [-0.15, -0.1) is 0 Å². The summed E-state index contributed by atoms with van der Waals surface area (Å²) in [7, 11) is 0. The molecule has 94 heavy (non-hydrogen) atoms. The maximum atomic E-state index is 13.4. The van der Waals surface area contributed by atoms with Crippen LogP contribution in [0.2, 0.25) is 0 Å². The number of carbonyl (C=O) groups is 3. The minimum absolute atomic E-state index is 0.186. The van der Waals surface area contributed by atoms with Crippen molar-refractivity contribution in [3.05, 3.63) is 36.5 Å². The Labute approximate surface area is 561 Å². The molecular formula is C71H128N2O21. The summed E-state index contributed by atoms with van der Waals surface area (Å²) in [6.07, 6.45) is 24.7. The van der Waals surface area contributed by atoms with E-state index in [1.54, 1.807) is 6.08 Å². The molecule has 0 aromatic rings. The molecule has 3 fully saturated rings. The van der Waals surface area contributed by atoms with E-state index in [-0.39, 0.29) is 12.3 Å². The monoisotopic (exact) mass is 1340 g/mol. The smallest absolute Gasteiger partial charge is 0.364 e. The van der Waals surface area contributed by atoms with Gasteiger partial charge in [0.1, 0.15) is 67.1 Å². The number of rotatable bonds is 55. The van der Waals surface area contributed by atoms with E-state index in [1.807, 2.05) is 6.08 Å². The van der Waals surface area contributed by atoms with Crippen LogP contribution in [0.1, 0.15) is 258 Å². The summed E-state index contributed by atoms with van der Waals surface area (Å²) in [5.41, 5.74) is 0. The number of hydrogen-bond acceptors (Lipinski definition) is 20. The Morgan fingerprint density at radius 3 is 1.50 bits per heavy atom. The predicted molar refractivity (Wildman–Crippen MR) is 357 cm³/mol. The highest BCUT2D eigenvalue weighted by Crippen LogP contribution is 2.39. The second kappa shape index (κ2) is 51.2. The zero-order chi connectivity index (χ0) is 68.9. The standard InChI is InChI=1S/C71H128N2O21/c1-4-6-8-10-12-14-16-18-20-21-22-23-24-25-26-27-28-29-31-32-34-36-38-40-42-44-53(78)52(73-58(81)45-43-41-39-37-35-33-30-19-17-15-13-11-9-7-5-2)50-89-68-63(85)62(84)65(57(49-76)91-68)92-69-64(86)67(61(83)56(48-75)90-69)94-71(70(87)88)46-54(79)59(72-51(3)77)66(93-71)60(82)55(80)47-74/h13,15,17,19,42,44,52-57,59-69,74-76,78-80,82-86H,4-12,14,16,18,20-41,43,45-50H2,1-3H3,(H,72,77)(H,73,81)(H,87,88)/b15-13-,19-17-,44-42+. The minimum atomic E-state index is -3.08. The number of carboxylic acids is 1. The number of hydrogen-bond donors (Lipinski definition) is 14. The lowest BCUT2D eigenvalue weighted by molar-refractivity contribution is -0.386. The van der Waals surface area contributed by atoms with Crippen molar-refractivity contribution in [1.29, 1.82) is 0 Å². The van der Waals surface area contributed by atoms with Crippen LogP contribution in [-0.2, 0) is 42.8 Å². The number of unbranched alkanes of at least 4 members (excludes halogenated alkanes) is 32. The number of aliphatic hydroxyl groups is 11. The van der Waals surface area contributed by atoms with E-state index in [9.17, 15) is 75.7 Å². The predicted octanol–water partition coefficient (Wildman–Crippen LogP) is 7.40. The van der Waals surface area contributed by atoms with E-state index < -0.39 is 155 Å². The van der Waals surface area contributed by atoms with E-state index in [0.717, 1.165) is 71.1 Å². The van der Waals surface area contributed by atoms with Crippen LogP contribution < -0.4 is 10.6 Å². The molecule has 3 aliphatic rings. The van der Waals surface area contributed by atoms with Crippen molar-refractivity contribution in [3.8, 4) is 0 Å². The van der Waals surface area contributed by atoms with E-state index in [1.165, 1.54) is 148 Å². The molecule has 23 heteroatoms. The largest absolute Gasteiger partial charge is 0.477 e. The summed E-state index contributed by atoms with van der Waals surface area (Å²) in [5.74, 6) is -6.16. The van der Waals surface area contributed by atoms with E-state index in [4.69, 9.17) is 28.4 Å². The third-order valence-corrected chi connectivity index (χ3v) is 18.3. The van der Waals surface area contributed by atoms with Crippen molar-refractivity contribution < 1.29 is 104 Å². The maximum Gasteiger partial charge on any atom is 0.364 e. The number of allylic oxidation sites excluding steroid dienone is 5. The Morgan fingerprint density at radius 2 is 1.02 bits per heavy atom. The summed E-state index contributed by atoms with van der Waals surface area (Å²) < 4.78 is 34.8. The molecule has 0 bridgehead atoms. The molecule has 548 valence electrons. The lowest BCUT2D eigenvalue weighted by Gasteiger charge is -2.50. The average Bonchev–Trinajstić information content (AvgIpc) is 0.762. The molecular weight excluding hydrogens is 1220 g/mol. The first kappa shape index (κ1) is 85.2. The van der Waals surface area contributed by atoms with Crippen LogP contribution in [0.15, 0.2) is 36.5 Å². The highest BCUT2D eigenvalue weighted by Gasteiger charge is 2.60. The van der Waals surface area contributed by atoms with Crippen molar-refractivity contribution in [2.75, 3.05) is 26.4 Å². The summed E-state index contributed by atoms with van der Waals surface area (Å²) >= 11 is 0. The fraction of sp³-hybridized carbons (Fsp3) is 0.873. The normalized spacial score (nSPS) is 28.1. The fourth-order valence-corrected chi connectivity index (χ4v) is 12.5. The van der Waals surface area contributed by atoms with Crippen molar-refractivity contribution in [3.63, 3.8) is 0 Å². The van der Waals surface area contributed by atoms with E-state index in [0.29, 0.717) is 12.8 Å². The first-order valence-electron chi connectivity index (χ1n) is 36.4. The molecule has 18 unspecified atom stereocenters. The third-order valence-electron chi connectivity index (χ3n) is 18.3. The Hall–Kier alpha value is -3.05. The quantitative estimate of drug-likeness (QED) is 0.0160. The topological polar surface area (TPSA) is 373 Å². The van der Waals surface area contributed by atoms with Gasteiger partial charge in [-0.25, -0.2) is 4.79 Å². The van der Waals surface area contributed by atoms with Gasteiger partial charge < -0.3 is 100 Å². The van der Waals surface area contributed by atoms with Crippen LogP contribution in [0.5, 0.6) is 0 Å². The summed E-state index contributed by atoms with van der Waals surface area (Å²) in [5, 5.41) is 136. The molecule has 0 saturated carbocycles. The SMILES string of the molecule is CCCCC/C=C\C=C/CCCCCCCCC(=O)NC(COC1OC(CO)C(OC2OC(CO)C(O)C(OC3(C(=O)O)CC(O)C(NC(C)=O)C(C(O)C(O)CO)O3)C2O)C(O)C1O)C(O)/C=C/CCCCCCCCCCCCCCCCCCCCCCCCC. The van der Waals surface area contributed by atoms with Gasteiger partial charge >= 0.3 is 5.97 Å². The Balaban J connectivity index is 1.57. The van der Waals surface area contributed by atoms with Crippen LogP contribution in [0.25, 0.3) is 0 Å². The molecule has 14 N–H and O–H groups in total. The molecule has 18 atom stereocenters. The summed E-state index contributed by atoms with van der Waals surface area (Å²) in [6.45, 7) is 2.10. The number of ether oxygens (including phenoxy) is 6. The highest BCUT2D eigenvalue weighted by molar-refractivity contribution is 5.77. The summed E-state index contributed by atoms with van der Waals surface area (Å²) in [6, 6.07) is -2.63. The van der Waals surface area contributed by atoms with Gasteiger partial charge in [-0.05, 0) is 44.9 Å². The average molecular weight is 1350 g/mol. The Morgan fingerprint density at radius 1 is 0.564 bits per heavy atom. The maximum absolute atomic E-state index is 13.4. The molecule has 23 nitrogen and oxygen atoms in total. The third kappa shape index (κ3) is 32.7. The number of carboxylic acid groups (broad SMARTS) is 1. The molecule has 0 aromatic heterocycles. The van der Waals surface area contributed by atoms with Crippen LogP contribution >= 0.6 is 0 Å². The van der Waals surface area contributed by atoms with Gasteiger partial charge in [0.05, 0.1) is 50.7 Å². The minimum Gasteiger partial charge on any atom is -0.477 e.